The fourth-order valence-corrected chi connectivity index (χ4v) is 7.21. The van der Waals surface area contributed by atoms with Crippen LogP contribution in [0.5, 0.6) is 0 Å². The monoisotopic (exact) mass is 628 g/mol. The fourth-order valence-electron chi connectivity index (χ4n) is 7.21. The van der Waals surface area contributed by atoms with Crippen molar-refractivity contribution in [2.24, 2.45) is 4.99 Å². The van der Waals surface area contributed by atoms with Gasteiger partial charge in [0, 0.05) is 33.6 Å². The van der Waals surface area contributed by atoms with Crippen molar-refractivity contribution < 1.29 is 0 Å². The van der Waals surface area contributed by atoms with Crippen molar-refractivity contribution in [1.82, 2.24) is 14.1 Å². The summed E-state index contributed by atoms with van der Waals surface area (Å²) in [6.45, 7) is 6.50. The lowest BCUT2D eigenvalue weighted by Gasteiger charge is -2.12. The van der Waals surface area contributed by atoms with Crippen LogP contribution >= 0.6 is 0 Å². The van der Waals surface area contributed by atoms with E-state index in [0.717, 1.165) is 67.0 Å². The van der Waals surface area contributed by atoms with Gasteiger partial charge >= 0.3 is 0 Å². The van der Waals surface area contributed by atoms with Crippen molar-refractivity contribution in [3.05, 3.63) is 182 Å². The first-order valence-corrected chi connectivity index (χ1v) is 16.5. The predicted molar refractivity (Wildman–Crippen MR) is 206 cm³/mol. The largest absolute Gasteiger partial charge is 0.309 e. The second kappa shape index (κ2) is 11.6. The molecule has 0 amide bonds. The van der Waals surface area contributed by atoms with Crippen molar-refractivity contribution in [3.8, 4) is 16.8 Å². The zero-order chi connectivity index (χ0) is 32.9. The van der Waals surface area contributed by atoms with E-state index in [1.165, 1.54) is 21.8 Å². The van der Waals surface area contributed by atoms with Gasteiger partial charge in [-0.15, -0.1) is 0 Å². The average molecular weight is 629 g/mol. The first kappa shape index (κ1) is 28.7. The van der Waals surface area contributed by atoms with Crippen LogP contribution in [0.4, 0.5) is 5.69 Å². The highest BCUT2D eigenvalue weighted by atomic mass is 15.1. The Labute approximate surface area is 284 Å². The minimum absolute atomic E-state index is 0.864. The first-order valence-electron chi connectivity index (χ1n) is 16.5. The van der Waals surface area contributed by atoms with Crippen LogP contribution in [-0.4, -0.2) is 20.0 Å². The SMILES string of the molecule is C=C(c1ccccc1)c1ccccc1N=C(C)n1c2ccc(-c3ccc4c5ccccc5n(-c5ccccc5)c4c3)cc2c2ncccc21. The second-order valence-corrected chi connectivity index (χ2v) is 12.4. The van der Waals surface area contributed by atoms with Crippen LogP contribution in [0, 0.1) is 0 Å². The topological polar surface area (TPSA) is 35.1 Å². The van der Waals surface area contributed by atoms with Gasteiger partial charge in [-0.25, -0.2) is 4.99 Å². The molecule has 3 aromatic heterocycles. The summed E-state index contributed by atoms with van der Waals surface area (Å²) in [6, 6.07) is 55.4. The van der Waals surface area contributed by atoms with Gasteiger partial charge in [0.15, 0.2) is 0 Å². The molecule has 3 heterocycles. The average Bonchev–Trinajstić information content (AvgIpc) is 3.68. The Hall–Kier alpha value is -6.52. The number of aliphatic imine (C=N–C) groups is 1. The molecule has 0 bridgehead atoms. The maximum Gasteiger partial charge on any atom is 0.111 e. The number of rotatable bonds is 5. The summed E-state index contributed by atoms with van der Waals surface area (Å²) in [5.74, 6) is 0.864. The molecule has 4 nitrogen and oxygen atoms in total. The Balaban J connectivity index is 1.19. The Bertz CT molecular complexity index is 2730. The highest BCUT2D eigenvalue weighted by molar-refractivity contribution is 6.14. The molecule has 0 N–H and O–H groups in total. The molecule has 9 rings (SSSR count). The number of benzene rings is 6. The van der Waals surface area contributed by atoms with Crippen LogP contribution in [0.3, 0.4) is 0 Å². The molecule has 232 valence electrons. The fraction of sp³-hybridized carbons (Fsp3) is 0.0222. The second-order valence-electron chi connectivity index (χ2n) is 12.4. The lowest BCUT2D eigenvalue weighted by Crippen LogP contribution is -2.07. The van der Waals surface area contributed by atoms with Crippen LogP contribution in [0.15, 0.2) is 175 Å². The normalized spacial score (nSPS) is 12.0. The predicted octanol–water partition coefficient (Wildman–Crippen LogP) is 11.6. The molecule has 9 aromatic rings. The Morgan fingerprint density at radius 1 is 0.571 bits per heavy atom. The molecule has 0 unspecified atom stereocenters. The molecule has 0 saturated carbocycles. The molecule has 0 aliphatic rings. The van der Waals surface area contributed by atoms with Gasteiger partial charge in [0.05, 0.1) is 33.3 Å². The van der Waals surface area contributed by atoms with Gasteiger partial charge in [-0.05, 0) is 83.8 Å². The quantitative estimate of drug-likeness (QED) is 0.138. The lowest BCUT2D eigenvalue weighted by molar-refractivity contribution is 1.18. The highest BCUT2D eigenvalue weighted by Gasteiger charge is 2.17. The van der Waals surface area contributed by atoms with Crippen LogP contribution in [0.2, 0.25) is 0 Å². The van der Waals surface area contributed by atoms with Crippen molar-refractivity contribution in [1.29, 1.82) is 0 Å². The van der Waals surface area contributed by atoms with E-state index < -0.39 is 0 Å². The highest BCUT2D eigenvalue weighted by Crippen LogP contribution is 2.37. The lowest BCUT2D eigenvalue weighted by atomic mass is 9.98. The number of hydrogen-bond donors (Lipinski definition) is 0. The number of aromatic nitrogens is 3. The minimum Gasteiger partial charge on any atom is -0.309 e. The van der Waals surface area contributed by atoms with Gasteiger partial charge < -0.3 is 4.57 Å². The van der Waals surface area contributed by atoms with Crippen LogP contribution in [0.1, 0.15) is 18.1 Å². The molecule has 4 heteroatoms. The van der Waals surface area contributed by atoms with Gasteiger partial charge in [0.25, 0.3) is 0 Å². The van der Waals surface area contributed by atoms with Crippen molar-refractivity contribution >= 4 is 60.8 Å². The van der Waals surface area contributed by atoms with Crippen molar-refractivity contribution in [2.45, 2.75) is 6.92 Å². The smallest absolute Gasteiger partial charge is 0.111 e. The molecule has 0 aliphatic heterocycles. The van der Waals surface area contributed by atoms with Crippen molar-refractivity contribution in [3.63, 3.8) is 0 Å². The van der Waals surface area contributed by atoms with Gasteiger partial charge in [0.2, 0.25) is 0 Å². The van der Waals surface area contributed by atoms with Crippen LogP contribution in [0.25, 0.3) is 66.1 Å². The molecule has 0 spiro atoms. The van der Waals surface area contributed by atoms with E-state index in [4.69, 9.17) is 9.98 Å². The Kier molecular flexibility index (Phi) is 6.80. The van der Waals surface area contributed by atoms with E-state index in [9.17, 15) is 0 Å². The summed E-state index contributed by atoms with van der Waals surface area (Å²) < 4.78 is 4.59. The number of pyridine rings is 1. The number of nitrogens with zero attached hydrogens (tertiary/aromatic N) is 4. The molecule has 0 saturated heterocycles. The van der Waals surface area contributed by atoms with Gasteiger partial charge in [-0.3, -0.25) is 9.55 Å². The van der Waals surface area contributed by atoms with Gasteiger partial charge in [-0.2, -0.15) is 0 Å². The maximum absolute atomic E-state index is 5.21. The summed E-state index contributed by atoms with van der Waals surface area (Å²) in [6.07, 6.45) is 1.87. The number of hydrogen-bond acceptors (Lipinski definition) is 2. The first-order chi connectivity index (χ1) is 24.2. The summed E-state index contributed by atoms with van der Waals surface area (Å²) in [4.78, 5) is 10.1. The molecule has 0 fully saturated rings. The third kappa shape index (κ3) is 4.77. The molecule has 0 atom stereocenters. The van der Waals surface area contributed by atoms with E-state index in [-0.39, 0.29) is 0 Å². The van der Waals surface area contributed by atoms with Gasteiger partial charge in [0.1, 0.15) is 5.84 Å². The van der Waals surface area contributed by atoms with E-state index in [1.54, 1.807) is 0 Å². The number of fused-ring (bicyclic) bond motifs is 6. The Morgan fingerprint density at radius 3 is 2.10 bits per heavy atom. The van der Waals surface area contributed by atoms with E-state index in [2.05, 4.69) is 144 Å². The maximum atomic E-state index is 5.21. The van der Waals surface area contributed by atoms with E-state index in [1.807, 2.05) is 42.6 Å². The molecule has 0 aliphatic carbocycles. The third-order valence-electron chi connectivity index (χ3n) is 9.50. The molecular weight excluding hydrogens is 597 g/mol. The van der Waals surface area contributed by atoms with Gasteiger partial charge in [-0.1, -0.05) is 110 Å². The summed E-state index contributed by atoms with van der Waals surface area (Å²) in [5, 5.41) is 3.58. The molecule has 0 radical (unpaired) electrons. The van der Waals surface area contributed by atoms with Crippen LogP contribution in [-0.2, 0) is 0 Å². The third-order valence-corrected chi connectivity index (χ3v) is 9.50. The molecular formula is C45H32N4. The zero-order valence-corrected chi connectivity index (χ0v) is 27.1. The zero-order valence-electron chi connectivity index (χ0n) is 27.1. The molecule has 49 heavy (non-hydrogen) atoms. The Morgan fingerprint density at radius 2 is 1.24 bits per heavy atom. The molecule has 6 aromatic carbocycles. The summed E-state index contributed by atoms with van der Waals surface area (Å²) in [5.41, 5.74) is 12.8. The van der Waals surface area contributed by atoms with Crippen LogP contribution < -0.4 is 0 Å². The van der Waals surface area contributed by atoms with E-state index in [0.29, 0.717) is 0 Å². The standard InChI is InChI=1S/C45H32N4/c1-30(32-14-5-3-6-15-32)36-18-9-11-20-40(36)47-31(2)48-42-26-24-33(28-39(42)45-43(48)22-13-27-46-45)34-23-25-38-37-19-10-12-21-41(37)49(44(38)29-34)35-16-7-4-8-17-35/h3-29H,1H2,2H3. The van der Waals surface area contributed by atoms with Crippen molar-refractivity contribution in [2.75, 3.05) is 0 Å². The summed E-state index contributed by atoms with van der Waals surface area (Å²) >= 11 is 0. The summed E-state index contributed by atoms with van der Waals surface area (Å²) in [7, 11) is 0. The van der Waals surface area contributed by atoms with E-state index >= 15 is 0 Å². The number of para-hydroxylation sites is 3. The minimum atomic E-state index is 0.864.